The van der Waals surface area contributed by atoms with Gasteiger partial charge < -0.3 is 20.3 Å². The molecule has 2 atom stereocenters. The highest BCUT2D eigenvalue weighted by molar-refractivity contribution is 6.30. The van der Waals surface area contributed by atoms with E-state index in [1.54, 1.807) is 24.3 Å². The maximum Gasteiger partial charge on any atom is 0.338 e. The molecule has 0 bridgehead atoms. The van der Waals surface area contributed by atoms with Crippen molar-refractivity contribution in [2.75, 3.05) is 20.2 Å². The van der Waals surface area contributed by atoms with Crippen LogP contribution in [0.15, 0.2) is 48.5 Å². The summed E-state index contributed by atoms with van der Waals surface area (Å²) in [7, 11) is 1.32. The van der Waals surface area contributed by atoms with Crippen molar-refractivity contribution in [3.63, 3.8) is 0 Å². The Morgan fingerprint density at radius 1 is 1.11 bits per heavy atom. The highest BCUT2D eigenvalue weighted by atomic mass is 35.5. The van der Waals surface area contributed by atoms with Crippen LogP contribution in [0.25, 0.3) is 0 Å². The maximum absolute atomic E-state index is 13.5. The molecular formula is C28H36ClN3O4. The predicted molar refractivity (Wildman–Crippen MR) is 141 cm³/mol. The number of carbonyl (C=O) groups is 3. The molecule has 1 saturated heterocycles. The van der Waals surface area contributed by atoms with Gasteiger partial charge >= 0.3 is 12.0 Å². The van der Waals surface area contributed by atoms with Crippen LogP contribution in [0.1, 0.15) is 61.5 Å². The highest BCUT2D eigenvalue weighted by Gasteiger charge is 2.40. The van der Waals surface area contributed by atoms with Crippen LogP contribution in [0, 0.1) is 11.3 Å². The third kappa shape index (κ3) is 6.58. The van der Waals surface area contributed by atoms with Crippen molar-refractivity contribution in [3.8, 4) is 0 Å². The van der Waals surface area contributed by atoms with E-state index < -0.39 is 18.0 Å². The van der Waals surface area contributed by atoms with Gasteiger partial charge in [-0.2, -0.15) is 0 Å². The average Bonchev–Trinajstić information content (AvgIpc) is 2.85. The first-order chi connectivity index (χ1) is 17.0. The minimum absolute atomic E-state index is 0.0854. The molecule has 36 heavy (non-hydrogen) atoms. The highest BCUT2D eigenvalue weighted by Crippen LogP contribution is 2.42. The number of nitrogens with one attached hydrogen (secondary N) is 2. The minimum atomic E-state index is -0.663. The minimum Gasteiger partial charge on any atom is -0.465 e. The van der Waals surface area contributed by atoms with E-state index in [0.717, 1.165) is 6.42 Å². The van der Waals surface area contributed by atoms with Crippen LogP contribution in [-0.2, 0) is 16.1 Å². The Kier molecular flexibility index (Phi) is 9.01. The van der Waals surface area contributed by atoms with Crippen molar-refractivity contribution < 1.29 is 19.1 Å². The largest absolute Gasteiger partial charge is 0.465 e. The van der Waals surface area contributed by atoms with Gasteiger partial charge in [0.1, 0.15) is 6.04 Å². The number of carbonyl (C=O) groups excluding carboxylic acids is 3. The summed E-state index contributed by atoms with van der Waals surface area (Å²) in [5.41, 5.74) is 2.12. The van der Waals surface area contributed by atoms with Gasteiger partial charge in [0.15, 0.2) is 0 Å². The number of halogens is 1. The molecule has 2 N–H and O–H groups in total. The number of nitrogens with zero attached hydrogens (tertiary/aromatic N) is 1. The van der Waals surface area contributed by atoms with E-state index in [0.29, 0.717) is 35.2 Å². The number of benzene rings is 2. The monoisotopic (exact) mass is 513 g/mol. The summed E-state index contributed by atoms with van der Waals surface area (Å²) >= 11 is 6.06. The lowest BCUT2D eigenvalue weighted by Gasteiger charge is -2.45. The van der Waals surface area contributed by atoms with Crippen molar-refractivity contribution in [1.82, 2.24) is 15.5 Å². The fraction of sp³-hybridized carbons (Fsp3) is 0.464. The quantitative estimate of drug-likeness (QED) is 0.510. The van der Waals surface area contributed by atoms with Gasteiger partial charge in [0.2, 0.25) is 5.91 Å². The van der Waals surface area contributed by atoms with Crippen molar-refractivity contribution in [3.05, 3.63) is 70.2 Å². The summed E-state index contributed by atoms with van der Waals surface area (Å²) in [5.74, 6) is -0.337. The van der Waals surface area contributed by atoms with Crippen LogP contribution in [0.5, 0.6) is 0 Å². The molecule has 0 saturated carbocycles. The number of amides is 3. The molecule has 1 aliphatic heterocycles. The van der Waals surface area contributed by atoms with E-state index in [4.69, 9.17) is 16.3 Å². The zero-order chi connectivity index (χ0) is 26.5. The van der Waals surface area contributed by atoms with E-state index in [9.17, 15) is 14.4 Å². The first kappa shape index (κ1) is 27.5. The molecule has 2 aromatic rings. The molecule has 3 rings (SSSR count). The van der Waals surface area contributed by atoms with E-state index in [2.05, 4.69) is 36.6 Å². The predicted octanol–water partition coefficient (Wildman–Crippen LogP) is 4.99. The van der Waals surface area contributed by atoms with Crippen molar-refractivity contribution >= 4 is 29.5 Å². The molecule has 0 aliphatic carbocycles. The lowest BCUT2D eigenvalue weighted by atomic mass is 9.70. The van der Waals surface area contributed by atoms with Crippen LogP contribution >= 0.6 is 11.6 Å². The van der Waals surface area contributed by atoms with E-state index in [1.807, 2.05) is 30.9 Å². The smallest absolute Gasteiger partial charge is 0.338 e. The molecule has 0 radical (unpaired) electrons. The van der Waals surface area contributed by atoms with Gasteiger partial charge in [0.05, 0.1) is 12.7 Å². The van der Waals surface area contributed by atoms with Crippen molar-refractivity contribution in [2.45, 2.75) is 52.6 Å². The molecule has 2 aromatic carbocycles. The second-order valence-electron chi connectivity index (χ2n) is 10.3. The van der Waals surface area contributed by atoms with Gasteiger partial charge in [-0.15, -0.1) is 0 Å². The molecule has 1 aliphatic rings. The molecule has 3 amide bonds. The summed E-state index contributed by atoms with van der Waals surface area (Å²) in [6.45, 7) is 9.54. The molecule has 194 valence electrons. The molecule has 1 unspecified atom stereocenters. The molecule has 7 nitrogen and oxygen atoms in total. The van der Waals surface area contributed by atoms with Gasteiger partial charge in [-0.25, -0.2) is 9.59 Å². The van der Waals surface area contributed by atoms with E-state index >= 15 is 0 Å². The average molecular weight is 514 g/mol. The summed E-state index contributed by atoms with van der Waals surface area (Å²) in [6, 6.07) is 13.7. The Bertz CT molecular complexity index is 1080. The van der Waals surface area contributed by atoms with Gasteiger partial charge in [0, 0.05) is 24.7 Å². The Balaban J connectivity index is 1.64. The van der Waals surface area contributed by atoms with E-state index in [-0.39, 0.29) is 23.8 Å². The first-order valence-electron chi connectivity index (χ1n) is 12.3. The third-order valence-corrected chi connectivity index (χ3v) is 7.15. The number of methoxy groups -OCH3 is 1. The standard InChI is InChI=1S/C28H36ClN3O4/c1-18(2)24(31-27(35)30-16-20-8-6-7-9-22(20)26(34)36-5)25(33)32-15-14-23(28(3,4)17-32)19-10-12-21(29)13-11-19/h6-13,18,23-24H,14-17H2,1-5H3,(H2,30,31,35)/t23?,24-/m1/s1. The third-order valence-electron chi connectivity index (χ3n) is 6.89. The van der Waals surface area contributed by atoms with Crippen LogP contribution in [0.4, 0.5) is 4.79 Å². The number of ether oxygens (including phenoxy) is 1. The Hall–Kier alpha value is -3.06. The van der Waals surface area contributed by atoms with Crippen LogP contribution in [0.2, 0.25) is 5.02 Å². The fourth-order valence-corrected chi connectivity index (χ4v) is 5.05. The summed E-state index contributed by atoms with van der Waals surface area (Å²) in [5, 5.41) is 6.33. The summed E-state index contributed by atoms with van der Waals surface area (Å²) < 4.78 is 4.81. The second kappa shape index (κ2) is 11.8. The number of esters is 1. The van der Waals surface area contributed by atoms with Gasteiger partial charge in [0.25, 0.3) is 0 Å². The topological polar surface area (TPSA) is 87.7 Å². The number of urea groups is 1. The second-order valence-corrected chi connectivity index (χ2v) is 10.8. The van der Waals surface area contributed by atoms with Gasteiger partial charge in [-0.3, -0.25) is 4.79 Å². The van der Waals surface area contributed by atoms with Crippen molar-refractivity contribution in [1.29, 1.82) is 0 Å². The van der Waals surface area contributed by atoms with Gasteiger partial charge in [-0.1, -0.05) is 69.6 Å². The van der Waals surface area contributed by atoms with Gasteiger partial charge in [-0.05, 0) is 53.0 Å². The molecule has 0 spiro atoms. The number of hydrogen-bond acceptors (Lipinski definition) is 4. The lowest BCUT2D eigenvalue weighted by molar-refractivity contribution is -0.137. The molecule has 8 heteroatoms. The molecule has 1 heterocycles. The fourth-order valence-electron chi connectivity index (χ4n) is 4.92. The Labute approximate surface area is 218 Å². The van der Waals surface area contributed by atoms with Crippen molar-refractivity contribution in [2.24, 2.45) is 11.3 Å². The van der Waals surface area contributed by atoms with Crippen LogP contribution < -0.4 is 10.6 Å². The zero-order valence-electron chi connectivity index (χ0n) is 21.6. The SMILES string of the molecule is COC(=O)c1ccccc1CNC(=O)N[C@@H](C(=O)N1CCC(c2ccc(Cl)cc2)C(C)(C)C1)C(C)C. The number of piperidine rings is 1. The lowest BCUT2D eigenvalue weighted by Crippen LogP contribution is -2.57. The normalized spacial score (nSPS) is 17.9. The number of hydrogen-bond donors (Lipinski definition) is 2. The molecule has 0 aromatic heterocycles. The van der Waals surface area contributed by atoms with E-state index in [1.165, 1.54) is 12.7 Å². The Morgan fingerprint density at radius 3 is 2.39 bits per heavy atom. The van der Waals surface area contributed by atoms with Crippen LogP contribution in [0.3, 0.4) is 0 Å². The summed E-state index contributed by atoms with van der Waals surface area (Å²) in [4.78, 5) is 40.1. The molecular weight excluding hydrogens is 478 g/mol. The Morgan fingerprint density at radius 2 is 1.78 bits per heavy atom. The number of likely N-dealkylation sites (tertiary alicyclic amines) is 1. The first-order valence-corrected chi connectivity index (χ1v) is 12.7. The summed E-state index contributed by atoms with van der Waals surface area (Å²) in [6.07, 6.45) is 0.835. The molecule has 1 fully saturated rings. The number of rotatable bonds is 7. The van der Waals surface area contributed by atoms with Crippen LogP contribution in [-0.4, -0.2) is 49.0 Å². The maximum atomic E-state index is 13.5. The zero-order valence-corrected chi connectivity index (χ0v) is 22.4.